The standard InChI is InChI=1S/C21H28N4O4/c1-15-13-18(25(22-15)16-9-7-6-8-10-16)23-11-12-24(17(14-23)19(26)28-5)20(27)29-21(2,3)4/h6-10,13,17H,11-12,14H2,1-5H3/t17-/m0/s1. The summed E-state index contributed by atoms with van der Waals surface area (Å²) in [6.07, 6.45) is -0.514. The lowest BCUT2D eigenvalue weighted by atomic mass is 10.1. The van der Waals surface area contributed by atoms with Crippen LogP contribution in [0.2, 0.25) is 0 Å². The minimum atomic E-state index is -0.761. The molecule has 2 heterocycles. The van der Waals surface area contributed by atoms with Crippen molar-refractivity contribution in [1.29, 1.82) is 0 Å². The monoisotopic (exact) mass is 400 g/mol. The molecule has 1 aromatic carbocycles. The summed E-state index contributed by atoms with van der Waals surface area (Å²) in [7, 11) is 1.33. The number of hydrogen-bond donors (Lipinski definition) is 0. The third-order valence-corrected chi connectivity index (χ3v) is 4.62. The fourth-order valence-electron chi connectivity index (χ4n) is 3.34. The zero-order valence-corrected chi connectivity index (χ0v) is 17.6. The van der Waals surface area contributed by atoms with Crippen LogP contribution in [-0.2, 0) is 14.3 Å². The van der Waals surface area contributed by atoms with Crippen molar-refractivity contribution in [2.45, 2.75) is 39.3 Å². The maximum absolute atomic E-state index is 12.6. The number of para-hydroxylation sites is 1. The Balaban J connectivity index is 1.88. The number of esters is 1. The van der Waals surface area contributed by atoms with E-state index >= 15 is 0 Å². The first-order valence-electron chi connectivity index (χ1n) is 9.64. The first kappa shape index (κ1) is 20.7. The van der Waals surface area contributed by atoms with Crippen LogP contribution >= 0.6 is 0 Å². The van der Waals surface area contributed by atoms with Gasteiger partial charge in [-0.05, 0) is 39.8 Å². The molecule has 8 nitrogen and oxygen atoms in total. The Bertz CT molecular complexity index is 873. The van der Waals surface area contributed by atoms with Crippen LogP contribution in [0.3, 0.4) is 0 Å². The van der Waals surface area contributed by atoms with Crippen LogP contribution < -0.4 is 4.90 Å². The first-order chi connectivity index (χ1) is 13.7. The van der Waals surface area contributed by atoms with Gasteiger partial charge in [0, 0.05) is 19.2 Å². The Labute approximate surface area is 171 Å². The molecule has 0 N–H and O–H groups in total. The highest BCUT2D eigenvalue weighted by molar-refractivity contribution is 5.82. The van der Waals surface area contributed by atoms with E-state index in [0.717, 1.165) is 17.2 Å². The van der Waals surface area contributed by atoms with Crippen LogP contribution in [0.1, 0.15) is 26.5 Å². The van der Waals surface area contributed by atoms with Crippen LogP contribution in [0.5, 0.6) is 0 Å². The fourth-order valence-corrected chi connectivity index (χ4v) is 3.34. The molecule has 1 aliphatic heterocycles. The number of benzene rings is 1. The van der Waals surface area contributed by atoms with E-state index in [4.69, 9.17) is 9.47 Å². The number of rotatable bonds is 3. The summed E-state index contributed by atoms with van der Waals surface area (Å²) in [5.41, 5.74) is 1.16. The number of piperazine rings is 1. The molecule has 2 aromatic rings. The Kier molecular flexibility index (Phi) is 5.81. The Hall–Kier alpha value is -3.03. The van der Waals surface area contributed by atoms with E-state index in [1.54, 1.807) is 20.8 Å². The molecule has 8 heteroatoms. The number of carbonyl (C=O) groups excluding carboxylic acids is 2. The van der Waals surface area contributed by atoms with E-state index in [0.29, 0.717) is 19.6 Å². The van der Waals surface area contributed by atoms with Crippen molar-refractivity contribution in [2.75, 3.05) is 31.6 Å². The zero-order valence-electron chi connectivity index (χ0n) is 17.6. The second-order valence-electron chi connectivity index (χ2n) is 8.05. The SMILES string of the molecule is COC(=O)[C@@H]1CN(c2cc(C)nn2-c2ccccc2)CCN1C(=O)OC(C)(C)C. The van der Waals surface area contributed by atoms with Gasteiger partial charge in [-0.25, -0.2) is 14.3 Å². The number of nitrogens with zero attached hydrogens (tertiary/aromatic N) is 4. The summed E-state index contributed by atoms with van der Waals surface area (Å²) in [6.45, 7) is 8.51. The van der Waals surface area contributed by atoms with E-state index in [-0.39, 0.29) is 0 Å². The van der Waals surface area contributed by atoms with Crippen LogP contribution in [0.25, 0.3) is 5.69 Å². The Morgan fingerprint density at radius 3 is 2.45 bits per heavy atom. The van der Waals surface area contributed by atoms with Gasteiger partial charge in [-0.15, -0.1) is 0 Å². The number of methoxy groups -OCH3 is 1. The number of amides is 1. The molecule has 0 spiro atoms. The molecule has 0 aliphatic carbocycles. The number of anilines is 1. The molecule has 1 saturated heterocycles. The van der Waals surface area contributed by atoms with Gasteiger partial charge in [0.15, 0.2) is 6.04 Å². The smallest absolute Gasteiger partial charge is 0.411 e. The number of hydrogen-bond acceptors (Lipinski definition) is 6. The van der Waals surface area contributed by atoms with Gasteiger partial charge in [0.2, 0.25) is 0 Å². The quantitative estimate of drug-likeness (QED) is 0.738. The maximum atomic E-state index is 12.6. The largest absolute Gasteiger partial charge is 0.467 e. The second-order valence-corrected chi connectivity index (χ2v) is 8.05. The summed E-state index contributed by atoms with van der Waals surface area (Å²) >= 11 is 0. The van der Waals surface area contributed by atoms with E-state index in [2.05, 4.69) is 10.00 Å². The topological polar surface area (TPSA) is 76.9 Å². The van der Waals surface area contributed by atoms with Gasteiger partial charge in [-0.3, -0.25) is 4.90 Å². The average molecular weight is 400 g/mol. The van der Waals surface area contributed by atoms with Crippen LogP contribution in [0.15, 0.2) is 36.4 Å². The molecule has 0 radical (unpaired) electrons. The predicted octanol–water partition coefficient (Wildman–Crippen LogP) is 2.78. The van der Waals surface area contributed by atoms with Crippen molar-refractivity contribution < 1.29 is 19.1 Å². The Morgan fingerprint density at radius 1 is 1.14 bits per heavy atom. The van der Waals surface area contributed by atoms with Crippen molar-refractivity contribution in [2.24, 2.45) is 0 Å². The third kappa shape index (κ3) is 4.70. The lowest BCUT2D eigenvalue weighted by molar-refractivity contribution is -0.147. The molecular formula is C21H28N4O4. The normalized spacial score (nSPS) is 17.2. The number of aryl methyl sites for hydroxylation is 1. The molecule has 1 amide bonds. The van der Waals surface area contributed by atoms with Crippen molar-refractivity contribution in [3.05, 3.63) is 42.1 Å². The van der Waals surface area contributed by atoms with Crippen molar-refractivity contribution in [1.82, 2.24) is 14.7 Å². The van der Waals surface area contributed by atoms with Crippen LogP contribution in [0.4, 0.5) is 10.6 Å². The summed E-state index contributed by atoms with van der Waals surface area (Å²) in [4.78, 5) is 28.6. The minimum absolute atomic E-state index is 0.296. The molecule has 0 saturated carbocycles. The summed E-state index contributed by atoms with van der Waals surface area (Å²) in [6, 6.07) is 11.0. The second kappa shape index (κ2) is 8.14. The van der Waals surface area contributed by atoms with E-state index in [1.807, 2.05) is 48.0 Å². The summed E-state index contributed by atoms with van der Waals surface area (Å²) < 4.78 is 12.3. The number of ether oxygens (including phenoxy) is 2. The Morgan fingerprint density at radius 2 is 1.83 bits per heavy atom. The van der Waals surface area contributed by atoms with Gasteiger partial charge in [-0.2, -0.15) is 5.10 Å². The van der Waals surface area contributed by atoms with Gasteiger partial charge < -0.3 is 14.4 Å². The highest BCUT2D eigenvalue weighted by Crippen LogP contribution is 2.25. The highest BCUT2D eigenvalue weighted by atomic mass is 16.6. The van der Waals surface area contributed by atoms with Gasteiger partial charge in [0.25, 0.3) is 0 Å². The van der Waals surface area contributed by atoms with Gasteiger partial charge >= 0.3 is 12.1 Å². The molecule has 1 aliphatic rings. The van der Waals surface area contributed by atoms with Crippen LogP contribution in [0, 0.1) is 6.92 Å². The predicted molar refractivity (Wildman–Crippen MR) is 109 cm³/mol. The molecule has 3 rings (SSSR count). The molecule has 0 bridgehead atoms. The molecular weight excluding hydrogens is 372 g/mol. The lowest BCUT2D eigenvalue weighted by Gasteiger charge is -2.40. The average Bonchev–Trinajstić information content (AvgIpc) is 3.08. The molecule has 1 atom stereocenters. The molecule has 29 heavy (non-hydrogen) atoms. The van der Waals surface area contributed by atoms with Gasteiger partial charge in [0.05, 0.1) is 25.0 Å². The molecule has 156 valence electrons. The van der Waals surface area contributed by atoms with E-state index < -0.39 is 23.7 Å². The summed E-state index contributed by atoms with van der Waals surface area (Å²) in [5, 5.41) is 4.60. The highest BCUT2D eigenvalue weighted by Gasteiger charge is 2.39. The van der Waals surface area contributed by atoms with Gasteiger partial charge in [-0.1, -0.05) is 18.2 Å². The molecule has 1 aromatic heterocycles. The molecule has 0 unspecified atom stereocenters. The fraction of sp³-hybridized carbons (Fsp3) is 0.476. The summed E-state index contributed by atoms with van der Waals surface area (Å²) in [5.74, 6) is 0.398. The maximum Gasteiger partial charge on any atom is 0.411 e. The number of aromatic nitrogens is 2. The lowest BCUT2D eigenvalue weighted by Crippen LogP contribution is -2.59. The zero-order chi connectivity index (χ0) is 21.2. The minimum Gasteiger partial charge on any atom is -0.467 e. The third-order valence-electron chi connectivity index (χ3n) is 4.62. The van der Waals surface area contributed by atoms with Crippen molar-refractivity contribution in [3.63, 3.8) is 0 Å². The number of carbonyl (C=O) groups is 2. The van der Waals surface area contributed by atoms with Crippen LogP contribution in [-0.4, -0.2) is 65.1 Å². The van der Waals surface area contributed by atoms with E-state index in [1.165, 1.54) is 12.0 Å². The van der Waals surface area contributed by atoms with E-state index in [9.17, 15) is 9.59 Å². The first-order valence-corrected chi connectivity index (χ1v) is 9.64. The van der Waals surface area contributed by atoms with Gasteiger partial charge in [0.1, 0.15) is 11.4 Å². The van der Waals surface area contributed by atoms with Crippen molar-refractivity contribution >= 4 is 17.9 Å². The molecule has 1 fully saturated rings. The van der Waals surface area contributed by atoms with Crippen molar-refractivity contribution in [3.8, 4) is 5.69 Å².